The number of hydrogen-bond donors (Lipinski definition) is 0. The molecule has 2 aromatic carbocycles. The number of para-hydroxylation sites is 1. The van der Waals surface area contributed by atoms with Crippen molar-refractivity contribution in [2.75, 3.05) is 20.7 Å². The average Bonchev–Trinajstić information content (AvgIpc) is 3.02. The Morgan fingerprint density at radius 2 is 1.89 bits per heavy atom. The first-order valence-electron chi connectivity index (χ1n) is 8.62. The minimum absolute atomic E-state index is 0.268. The van der Waals surface area contributed by atoms with E-state index >= 15 is 0 Å². The number of sulfonamides is 1. The van der Waals surface area contributed by atoms with E-state index in [0.717, 1.165) is 27.9 Å². The van der Waals surface area contributed by atoms with Crippen LogP contribution in [0, 0.1) is 13.8 Å². The number of methoxy groups -OCH3 is 1. The maximum Gasteiger partial charge on any atom is 0.243 e. The number of rotatable bonds is 6. The van der Waals surface area contributed by atoms with E-state index in [-0.39, 0.29) is 6.54 Å². The fraction of sp³-hybridized carbons (Fsp3) is 0.350. The molecule has 1 aliphatic heterocycles. The summed E-state index contributed by atoms with van der Waals surface area (Å²) in [4.78, 5) is 5.04. The minimum atomic E-state index is -3.63. The van der Waals surface area contributed by atoms with E-state index in [1.807, 2.05) is 18.2 Å². The van der Waals surface area contributed by atoms with Gasteiger partial charge in [-0.1, -0.05) is 34.1 Å². The maximum atomic E-state index is 13.2. The number of benzene rings is 2. The first kappa shape index (κ1) is 20.0. The van der Waals surface area contributed by atoms with E-state index in [0.29, 0.717) is 28.2 Å². The van der Waals surface area contributed by atoms with Gasteiger partial charge in [0.2, 0.25) is 10.0 Å². The summed E-state index contributed by atoms with van der Waals surface area (Å²) in [6.45, 7) is 3.85. The molecule has 0 saturated heterocycles. The van der Waals surface area contributed by atoms with Crippen molar-refractivity contribution in [3.05, 3.63) is 52.6 Å². The molecule has 0 bridgehead atoms. The number of hydrogen-bond acceptors (Lipinski definition) is 4. The first-order chi connectivity index (χ1) is 12.8. The van der Waals surface area contributed by atoms with Crippen molar-refractivity contribution in [1.82, 2.24) is 4.31 Å². The van der Waals surface area contributed by atoms with Gasteiger partial charge in [0.15, 0.2) is 0 Å². The molecular formula is C20H23BrN2O3S. The highest BCUT2D eigenvalue weighted by Gasteiger charge is 2.28. The summed E-state index contributed by atoms with van der Waals surface area (Å²) in [7, 11) is -0.447. The van der Waals surface area contributed by atoms with Crippen LogP contribution in [0.15, 0.2) is 40.2 Å². The highest BCUT2D eigenvalue weighted by Crippen LogP contribution is 2.33. The molecular weight excluding hydrogens is 428 g/mol. The standard InChI is InChI=1S/C20H23BrN2O3S/c1-13-8-18(26-4)9-14(2)20(13)27(24,25)23(3)12-17-10-15-6-5-7-16(11-21)19(15)22-17/h5-9H,10-12H2,1-4H3. The van der Waals surface area contributed by atoms with Gasteiger partial charge in [0.25, 0.3) is 0 Å². The lowest BCUT2D eigenvalue weighted by Crippen LogP contribution is -2.33. The predicted octanol–water partition coefficient (Wildman–Crippen LogP) is 4.16. The Hall–Kier alpha value is -1.70. The summed E-state index contributed by atoms with van der Waals surface area (Å²) < 4.78 is 33.0. The monoisotopic (exact) mass is 450 g/mol. The summed E-state index contributed by atoms with van der Waals surface area (Å²) in [6, 6.07) is 9.59. The number of nitrogens with zero attached hydrogens (tertiary/aromatic N) is 2. The van der Waals surface area contributed by atoms with Gasteiger partial charge < -0.3 is 4.74 Å². The molecule has 3 rings (SSSR count). The van der Waals surface area contributed by atoms with Gasteiger partial charge in [-0.3, -0.25) is 4.99 Å². The predicted molar refractivity (Wildman–Crippen MR) is 112 cm³/mol. The van der Waals surface area contributed by atoms with E-state index < -0.39 is 10.0 Å². The van der Waals surface area contributed by atoms with Crippen molar-refractivity contribution < 1.29 is 13.2 Å². The van der Waals surface area contributed by atoms with Gasteiger partial charge in [0, 0.05) is 24.5 Å². The summed E-state index contributed by atoms with van der Waals surface area (Å²) in [5, 5.41) is 0.728. The zero-order valence-electron chi connectivity index (χ0n) is 15.9. The Balaban J connectivity index is 1.88. The third-order valence-electron chi connectivity index (χ3n) is 4.75. The number of alkyl halides is 1. The number of ether oxygens (including phenoxy) is 1. The van der Waals surface area contributed by atoms with Crippen LogP contribution in [0.3, 0.4) is 0 Å². The van der Waals surface area contributed by atoms with Crippen LogP contribution in [0.2, 0.25) is 0 Å². The van der Waals surface area contributed by atoms with Crippen molar-refractivity contribution in [2.45, 2.75) is 30.5 Å². The van der Waals surface area contributed by atoms with Gasteiger partial charge in [-0.15, -0.1) is 0 Å². The third-order valence-corrected chi connectivity index (χ3v) is 7.47. The molecule has 0 N–H and O–H groups in total. The summed E-state index contributed by atoms with van der Waals surface area (Å²) >= 11 is 3.49. The van der Waals surface area contributed by atoms with Crippen LogP contribution in [-0.4, -0.2) is 39.1 Å². The van der Waals surface area contributed by atoms with Gasteiger partial charge in [-0.2, -0.15) is 4.31 Å². The fourth-order valence-corrected chi connectivity index (χ4v) is 5.50. The van der Waals surface area contributed by atoms with Crippen molar-refractivity contribution in [3.8, 4) is 5.75 Å². The van der Waals surface area contributed by atoms with E-state index in [2.05, 4.69) is 15.9 Å². The van der Waals surface area contributed by atoms with E-state index in [4.69, 9.17) is 9.73 Å². The summed E-state index contributed by atoms with van der Waals surface area (Å²) in [6.07, 6.45) is 0.677. The van der Waals surface area contributed by atoms with E-state index in [1.54, 1.807) is 40.1 Å². The van der Waals surface area contributed by atoms with Gasteiger partial charge in [-0.25, -0.2) is 8.42 Å². The van der Waals surface area contributed by atoms with Crippen molar-refractivity contribution >= 4 is 37.4 Å². The van der Waals surface area contributed by atoms with Crippen LogP contribution in [-0.2, 0) is 21.8 Å². The smallest absolute Gasteiger partial charge is 0.243 e. The topological polar surface area (TPSA) is 59.0 Å². The zero-order chi connectivity index (χ0) is 19.8. The molecule has 0 radical (unpaired) electrons. The Morgan fingerprint density at radius 3 is 2.48 bits per heavy atom. The summed E-state index contributed by atoms with van der Waals surface area (Å²) in [5.41, 5.74) is 5.44. The number of halogens is 1. The number of aliphatic imine (C=N–C) groups is 1. The van der Waals surface area contributed by atoms with Gasteiger partial charge in [0.1, 0.15) is 5.75 Å². The fourth-order valence-electron chi connectivity index (χ4n) is 3.48. The Kier molecular flexibility index (Phi) is 5.74. The highest BCUT2D eigenvalue weighted by atomic mass is 79.9. The molecule has 0 amide bonds. The lowest BCUT2D eigenvalue weighted by molar-refractivity contribution is 0.413. The average molecular weight is 451 g/mol. The third kappa shape index (κ3) is 3.81. The molecule has 144 valence electrons. The molecule has 0 aromatic heterocycles. The first-order valence-corrected chi connectivity index (χ1v) is 11.2. The van der Waals surface area contributed by atoms with Gasteiger partial charge >= 0.3 is 0 Å². The minimum Gasteiger partial charge on any atom is -0.497 e. The second-order valence-electron chi connectivity index (χ2n) is 6.76. The normalized spacial score (nSPS) is 13.6. The maximum absolute atomic E-state index is 13.2. The largest absolute Gasteiger partial charge is 0.497 e. The van der Waals surface area contributed by atoms with Crippen LogP contribution in [0.5, 0.6) is 5.75 Å². The molecule has 0 spiro atoms. The second kappa shape index (κ2) is 7.73. The molecule has 5 nitrogen and oxygen atoms in total. The van der Waals surface area contributed by atoms with Crippen LogP contribution in [0.25, 0.3) is 0 Å². The summed E-state index contributed by atoms with van der Waals surface area (Å²) in [5.74, 6) is 0.657. The van der Waals surface area contributed by atoms with Crippen LogP contribution >= 0.6 is 15.9 Å². The van der Waals surface area contributed by atoms with E-state index in [9.17, 15) is 8.42 Å². The Morgan fingerprint density at radius 1 is 1.22 bits per heavy atom. The molecule has 0 unspecified atom stereocenters. The van der Waals surface area contributed by atoms with Crippen molar-refractivity contribution in [3.63, 3.8) is 0 Å². The van der Waals surface area contributed by atoms with Crippen LogP contribution < -0.4 is 4.74 Å². The second-order valence-corrected chi connectivity index (χ2v) is 9.31. The van der Waals surface area contributed by atoms with Crippen LogP contribution in [0.1, 0.15) is 22.3 Å². The number of fused-ring (bicyclic) bond motifs is 1. The molecule has 0 saturated carbocycles. The van der Waals surface area contributed by atoms with Gasteiger partial charge in [-0.05, 0) is 48.2 Å². The quantitative estimate of drug-likeness (QED) is 0.620. The lowest BCUT2D eigenvalue weighted by Gasteiger charge is -2.20. The molecule has 2 aromatic rings. The Labute approximate surface area is 169 Å². The van der Waals surface area contributed by atoms with Crippen molar-refractivity contribution in [1.29, 1.82) is 0 Å². The molecule has 1 aliphatic rings. The molecule has 27 heavy (non-hydrogen) atoms. The van der Waals surface area contributed by atoms with Gasteiger partial charge in [0.05, 0.1) is 24.2 Å². The molecule has 7 heteroatoms. The lowest BCUT2D eigenvalue weighted by atomic mass is 10.1. The van der Waals surface area contributed by atoms with Crippen molar-refractivity contribution in [2.24, 2.45) is 4.99 Å². The number of aryl methyl sites for hydroxylation is 2. The van der Waals surface area contributed by atoms with E-state index in [1.165, 1.54) is 4.31 Å². The Bertz CT molecular complexity index is 993. The van der Waals surface area contributed by atoms with Crippen LogP contribution in [0.4, 0.5) is 5.69 Å². The molecule has 1 heterocycles. The zero-order valence-corrected chi connectivity index (χ0v) is 18.3. The SMILES string of the molecule is COc1cc(C)c(S(=O)(=O)N(C)CC2=Nc3c(CBr)cccc3C2)c(C)c1. The molecule has 0 aliphatic carbocycles. The highest BCUT2D eigenvalue weighted by molar-refractivity contribution is 9.08. The molecule has 0 atom stereocenters. The molecule has 0 fully saturated rings.